The molecule has 7 nitrogen and oxygen atoms in total. The first-order valence-corrected chi connectivity index (χ1v) is 7.45. The number of carbonyl (C=O) groups is 2. The number of aromatic nitrogens is 1. The lowest BCUT2D eigenvalue weighted by Gasteiger charge is -2.10. The number of aryl methyl sites for hydroxylation is 1. The van der Waals surface area contributed by atoms with Gasteiger partial charge in [-0.3, -0.25) is 19.8 Å². The summed E-state index contributed by atoms with van der Waals surface area (Å²) in [5.74, 6) is -0.597. The maximum Gasteiger partial charge on any atom is 0.274 e. The number of amides is 1. The summed E-state index contributed by atoms with van der Waals surface area (Å²) in [5, 5.41) is 17.7. The number of nitrogens with two attached hydrogens (primary N) is 1. The number of benzene rings is 1. The van der Waals surface area contributed by atoms with Crippen molar-refractivity contribution in [3.63, 3.8) is 0 Å². The Morgan fingerprint density at radius 2 is 1.88 bits per heavy atom. The minimum absolute atomic E-state index is 0.0666. The Bertz CT molecular complexity index is 699. The third-order valence-corrected chi connectivity index (χ3v) is 3.63. The van der Waals surface area contributed by atoms with Crippen molar-refractivity contribution in [2.75, 3.05) is 0 Å². The van der Waals surface area contributed by atoms with Gasteiger partial charge in [0.15, 0.2) is 0 Å². The summed E-state index contributed by atoms with van der Waals surface area (Å²) in [7, 11) is 0. The van der Waals surface area contributed by atoms with Crippen LogP contribution in [-0.2, 0) is 17.6 Å². The number of hydrogen-bond acceptors (Lipinski definition) is 6. The summed E-state index contributed by atoms with van der Waals surface area (Å²) in [6, 6.07) is 9.09. The fourth-order valence-electron chi connectivity index (χ4n) is 2.22. The van der Waals surface area contributed by atoms with Gasteiger partial charge in [0, 0.05) is 24.1 Å². The summed E-state index contributed by atoms with van der Waals surface area (Å²) in [4.78, 5) is 27.3. The Labute approximate surface area is 139 Å². The van der Waals surface area contributed by atoms with Gasteiger partial charge in [-0.2, -0.15) is 0 Å². The van der Waals surface area contributed by atoms with E-state index in [1.807, 2.05) is 0 Å². The number of nitrogens with zero attached hydrogens (tertiary/aromatic N) is 1. The normalized spacial score (nSPS) is 11.8. The molecule has 7 heteroatoms. The van der Waals surface area contributed by atoms with Crippen molar-refractivity contribution < 1.29 is 19.9 Å². The van der Waals surface area contributed by atoms with E-state index in [1.165, 1.54) is 12.3 Å². The SMILES string of the molecule is NC(Cc1ccc(O)cn1)C(=O)CCc1ccc(C(=O)NO)cc1. The number of ketones is 1. The molecule has 0 radical (unpaired) electrons. The highest BCUT2D eigenvalue weighted by Gasteiger charge is 2.15. The molecule has 1 unspecified atom stereocenters. The van der Waals surface area contributed by atoms with E-state index in [1.54, 1.807) is 35.8 Å². The number of nitrogens with one attached hydrogen (secondary N) is 1. The molecule has 0 aliphatic carbocycles. The Morgan fingerprint density at radius 1 is 1.17 bits per heavy atom. The molecular weight excluding hydrogens is 310 g/mol. The van der Waals surface area contributed by atoms with Gasteiger partial charge in [-0.1, -0.05) is 12.1 Å². The second-order valence-electron chi connectivity index (χ2n) is 5.42. The Kier molecular flexibility index (Phi) is 6.00. The van der Waals surface area contributed by atoms with E-state index in [2.05, 4.69) is 4.98 Å². The van der Waals surface area contributed by atoms with Crippen LogP contribution in [0.3, 0.4) is 0 Å². The molecule has 0 aliphatic heterocycles. The molecule has 0 spiro atoms. The zero-order valence-corrected chi connectivity index (χ0v) is 13.0. The first kappa shape index (κ1) is 17.6. The molecule has 24 heavy (non-hydrogen) atoms. The topological polar surface area (TPSA) is 126 Å². The Hall–Kier alpha value is -2.77. The van der Waals surface area contributed by atoms with Crippen molar-refractivity contribution in [2.24, 2.45) is 5.73 Å². The monoisotopic (exact) mass is 329 g/mol. The zero-order chi connectivity index (χ0) is 17.5. The average Bonchev–Trinajstić information content (AvgIpc) is 2.61. The van der Waals surface area contributed by atoms with Gasteiger partial charge in [0.2, 0.25) is 0 Å². The summed E-state index contributed by atoms with van der Waals surface area (Å²) in [5.41, 5.74) is 9.34. The van der Waals surface area contributed by atoms with Crippen molar-refractivity contribution in [2.45, 2.75) is 25.3 Å². The maximum atomic E-state index is 12.1. The quantitative estimate of drug-likeness (QED) is 0.443. The summed E-state index contributed by atoms with van der Waals surface area (Å²) in [6.45, 7) is 0. The van der Waals surface area contributed by atoms with Crippen LogP contribution < -0.4 is 11.2 Å². The molecule has 0 bridgehead atoms. The lowest BCUT2D eigenvalue weighted by atomic mass is 10.00. The van der Waals surface area contributed by atoms with Gasteiger partial charge < -0.3 is 10.8 Å². The van der Waals surface area contributed by atoms with Gasteiger partial charge in [-0.15, -0.1) is 0 Å². The third-order valence-electron chi connectivity index (χ3n) is 3.63. The summed E-state index contributed by atoms with van der Waals surface area (Å²) in [6.07, 6.45) is 2.42. The van der Waals surface area contributed by atoms with Gasteiger partial charge in [0.05, 0.1) is 12.2 Å². The van der Waals surface area contributed by atoms with Crippen molar-refractivity contribution in [3.05, 3.63) is 59.4 Å². The van der Waals surface area contributed by atoms with Gasteiger partial charge in [-0.25, -0.2) is 5.48 Å². The smallest absolute Gasteiger partial charge is 0.274 e. The van der Waals surface area contributed by atoms with Gasteiger partial charge in [-0.05, 0) is 36.2 Å². The minimum atomic E-state index is -0.651. The largest absolute Gasteiger partial charge is 0.506 e. The number of hydrogen-bond donors (Lipinski definition) is 4. The standard InChI is InChI=1S/C17H19N3O4/c18-15(9-13-6-7-14(21)10-19-13)16(22)8-3-11-1-4-12(5-2-11)17(23)20-24/h1-2,4-7,10,15,21,24H,3,8-9,18H2,(H,20,23). The van der Waals surface area contributed by atoms with Crippen LogP contribution in [0.25, 0.3) is 0 Å². The number of aromatic hydroxyl groups is 1. The van der Waals surface area contributed by atoms with Crippen LogP contribution in [0.5, 0.6) is 5.75 Å². The van der Waals surface area contributed by atoms with Crippen molar-refractivity contribution in [3.8, 4) is 5.75 Å². The first-order chi connectivity index (χ1) is 11.5. The minimum Gasteiger partial charge on any atom is -0.506 e. The molecule has 0 saturated heterocycles. The van der Waals surface area contributed by atoms with E-state index in [0.717, 1.165) is 5.56 Å². The first-order valence-electron chi connectivity index (χ1n) is 7.45. The van der Waals surface area contributed by atoms with E-state index in [9.17, 15) is 14.7 Å². The van der Waals surface area contributed by atoms with Crippen LogP contribution in [0.15, 0.2) is 42.6 Å². The number of carbonyl (C=O) groups excluding carboxylic acids is 2. The molecule has 5 N–H and O–H groups in total. The fourth-order valence-corrected chi connectivity index (χ4v) is 2.22. The summed E-state index contributed by atoms with van der Waals surface area (Å²) < 4.78 is 0. The number of hydroxylamine groups is 1. The molecule has 2 rings (SSSR count). The van der Waals surface area contributed by atoms with Crippen LogP contribution in [0.1, 0.15) is 28.0 Å². The Balaban J connectivity index is 1.85. The van der Waals surface area contributed by atoms with Crippen LogP contribution in [0, 0.1) is 0 Å². The number of Topliss-reactive ketones (excluding diaryl/α,β-unsaturated/α-hetero) is 1. The predicted molar refractivity (Wildman–Crippen MR) is 86.6 cm³/mol. The zero-order valence-electron chi connectivity index (χ0n) is 13.0. The second kappa shape index (κ2) is 8.19. The molecule has 1 aromatic heterocycles. The lowest BCUT2D eigenvalue weighted by molar-refractivity contribution is -0.120. The van der Waals surface area contributed by atoms with Gasteiger partial charge >= 0.3 is 0 Å². The molecular formula is C17H19N3O4. The molecule has 0 saturated carbocycles. The number of rotatable bonds is 7. The molecule has 1 aromatic carbocycles. The highest BCUT2D eigenvalue weighted by atomic mass is 16.5. The average molecular weight is 329 g/mol. The third kappa shape index (κ3) is 4.87. The molecule has 2 aromatic rings. The van der Waals surface area contributed by atoms with E-state index < -0.39 is 11.9 Å². The van der Waals surface area contributed by atoms with Crippen molar-refractivity contribution in [1.29, 1.82) is 0 Å². The molecule has 0 aliphatic rings. The Morgan fingerprint density at radius 3 is 2.46 bits per heavy atom. The van der Waals surface area contributed by atoms with E-state index >= 15 is 0 Å². The number of pyridine rings is 1. The van der Waals surface area contributed by atoms with Crippen LogP contribution in [0.2, 0.25) is 0 Å². The summed E-state index contributed by atoms with van der Waals surface area (Å²) >= 11 is 0. The highest BCUT2D eigenvalue weighted by Crippen LogP contribution is 2.10. The van der Waals surface area contributed by atoms with Gasteiger partial charge in [0.25, 0.3) is 5.91 Å². The van der Waals surface area contributed by atoms with E-state index in [-0.39, 0.29) is 18.0 Å². The van der Waals surface area contributed by atoms with Gasteiger partial charge in [0.1, 0.15) is 11.5 Å². The second-order valence-corrected chi connectivity index (χ2v) is 5.42. The van der Waals surface area contributed by atoms with Crippen molar-refractivity contribution in [1.82, 2.24) is 10.5 Å². The molecule has 1 atom stereocenters. The van der Waals surface area contributed by atoms with E-state index in [4.69, 9.17) is 10.9 Å². The van der Waals surface area contributed by atoms with E-state index in [0.29, 0.717) is 24.1 Å². The molecule has 1 amide bonds. The highest BCUT2D eigenvalue weighted by molar-refractivity contribution is 5.93. The van der Waals surface area contributed by atoms with Crippen molar-refractivity contribution >= 4 is 11.7 Å². The molecule has 0 fully saturated rings. The molecule has 1 heterocycles. The maximum absolute atomic E-state index is 12.1. The van der Waals surface area contributed by atoms with Crippen LogP contribution >= 0.6 is 0 Å². The van der Waals surface area contributed by atoms with Crippen LogP contribution in [-0.4, -0.2) is 33.0 Å². The predicted octanol–water partition coefficient (Wildman–Crippen LogP) is 0.978. The van der Waals surface area contributed by atoms with Crippen LogP contribution in [0.4, 0.5) is 0 Å². The lowest BCUT2D eigenvalue weighted by Crippen LogP contribution is -2.33. The molecule has 126 valence electrons. The fraction of sp³-hybridized carbons (Fsp3) is 0.235.